The van der Waals surface area contributed by atoms with E-state index in [2.05, 4.69) is 0 Å². The van der Waals surface area contributed by atoms with Crippen molar-refractivity contribution < 1.29 is 22.4 Å². The molecule has 1 aliphatic rings. The maximum absolute atomic E-state index is 13.2. The number of hydrogen-bond acceptors (Lipinski definition) is 3. The Kier molecular flexibility index (Phi) is 5.13. The summed E-state index contributed by atoms with van der Waals surface area (Å²) in [7, 11) is 0. The van der Waals surface area contributed by atoms with Gasteiger partial charge < -0.3 is 9.32 Å². The van der Waals surface area contributed by atoms with Crippen molar-refractivity contribution in [3.63, 3.8) is 0 Å². The third kappa shape index (κ3) is 3.60. The Labute approximate surface area is 170 Å². The molecule has 1 atom stereocenters. The third-order valence-electron chi connectivity index (χ3n) is 5.58. The monoisotopic (exact) mass is 415 g/mol. The van der Waals surface area contributed by atoms with Gasteiger partial charge in [0, 0.05) is 24.2 Å². The summed E-state index contributed by atoms with van der Waals surface area (Å²) < 4.78 is 45.5. The van der Waals surface area contributed by atoms with E-state index >= 15 is 0 Å². The number of carbonyl (C=O) groups excluding carboxylic acids is 1. The highest BCUT2D eigenvalue weighted by atomic mass is 19.4. The quantitative estimate of drug-likeness (QED) is 0.579. The van der Waals surface area contributed by atoms with Gasteiger partial charge >= 0.3 is 6.18 Å². The molecule has 1 unspecified atom stereocenters. The summed E-state index contributed by atoms with van der Waals surface area (Å²) in [4.78, 5) is 27.3. The van der Waals surface area contributed by atoms with Crippen LogP contribution in [0.1, 0.15) is 28.8 Å². The number of amides is 1. The molecule has 1 aromatic heterocycles. The second kappa shape index (κ2) is 7.63. The van der Waals surface area contributed by atoms with Gasteiger partial charge in [0.15, 0.2) is 11.0 Å². The van der Waals surface area contributed by atoms with Gasteiger partial charge in [-0.1, -0.05) is 36.4 Å². The predicted octanol–water partition coefficient (Wildman–Crippen LogP) is 5.18. The number of alkyl halides is 3. The van der Waals surface area contributed by atoms with Crippen molar-refractivity contribution in [1.29, 1.82) is 0 Å². The van der Waals surface area contributed by atoms with E-state index in [1.54, 1.807) is 43.3 Å². The van der Waals surface area contributed by atoms with Crippen molar-refractivity contribution in [2.75, 3.05) is 13.1 Å². The molecule has 3 aromatic rings. The molecular weight excluding hydrogens is 395 g/mol. The summed E-state index contributed by atoms with van der Waals surface area (Å²) in [6.07, 6.45) is -4.06. The van der Waals surface area contributed by atoms with Crippen LogP contribution in [-0.4, -0.2) is 30.1 Å². The van der Waals surface area contributed by atoms with Crippen LogP contribution in [0.4, 0.5) is 13.2 Å². The van der Waals surface area contributed by atoms with Crippen LogP contribution in [0.25, 0.3) is 22.3 Å². The molecule has 30 heavy (non-hydrogen) atoms. The SMILES string of the molecule is Cc1c(-c2ccccc2)oc2c(C(=O)N3CCCC(C(F)(F)F)C3)cccc2c1=O. The fourth-order valence-electron chi connectivity index (χ4n) is 3.94. The standard InChI is InChI=1S/C23H20F3NO3/c1-14-19(28)17-10-5-11-18(21(17)30-20(14)15-7-3-2-4-8-15)22(29)27-12-6-9-16(13-27)23(24,25)26/h2-5,7-8,10-11,16H,6,9,12-13H2,1H3. The lowest BCUT2D eigenvalue weighted by atomic mass is 9.96. The first kappa shape index (κ1) is 20.2. The molecule has 4 rings (SSSR count). The fraction of sp³-hybridized carbons (Fsp3) is 0.304. The van der Waals surface area contributed by atoms with E-state index in [1.807, 2.05) is 6.07 Å². The first-order valence-corrected chi connectivity index (χ1v) is 9.75. The molecule has 0 bridgehead atoms. The molecule has 7 heteroatoms. The molecule has 1 saturated heterocycles. The van der Waals surface area contributed by atoms with Crippen molar-refractivity contribution >= 4 is 16.9 Å². The maximum Gasteiger partial charge on any atom is 0.393 e. The molecule has 0 spiro atoms. The molecule has 0 radical (unpaired) electrons. The van der Waals surface area contributed by atoms with Gasteiger partial charge in [-0.15, -0.1) is 0 Å². The van der Waals surface area contributed by atoms with Gasteiger partial charge in [-0.05, 0) is 31.9 Å². The molecule has 0 aliphatic carbocycles. The van der Waals surface area contributed by atoms with Gasteiger partial charge in [0.25, 0.3) is 5.91 Å². The Morgan fingerprint density at radius 2 is 1.83 bits per heavy atom. The van der Waals surface area contributed by atoms with E-state index in [4.69, 9.17) is 4.42 Å². The highest BCUT2D eigenvalue weighted by molar-refractivity contribution is 6.05. The van der Waals surface area contributed by atoms with Crippen LogP contribution in [0, 0.1) is 12.8 Å². The number of carbonyl (C=O) groups is 1. The van der Waals surface area contributed by atoms with Crippen LogP contribution in [0.2, 0.25) is 0 Å². The number of rotatable bonds is 2. The number of benzene rings is 2. The summed E-state index contributed by atoms with van der Waals surface area (Å²) in [5, 5.41) is 0.238. The number of para-hydroxylation sites is 1. The largest absolute Gasteiger partial charge is 0.455 e. The zero-order valence-corrected chi connectivity index (χ0v) is 16.3. The van der Waals surface area contributed by atoms with Gasteiger partial charge in [0.2, 0.25) is 0 Å². The lowest BCUT2D eigenvalue weighted by molar-refractivity contribution is -0.184. The maximum atomic E-state index is 13.2. The van der Waals surface area contributed by atoms with Crippen LogP contribution < -0.4 is 5.43 Å². The summed E-state index contributed by atoms with van der Waals surface area (Å²) in [5.74, 6) is -1.75. The second-order valence-electron chi connectivity index (χ2n) is 7.57. The van der Waals surface area contributed by atoms with Gasteiger partial charge in [0.05, 0.1) is 16.9 Å². The molecule has 0 saturated carbocycles. The molecule has 1 amide bonds. The van der Waals surface area contributed by atoms with Gasteiger partial charge in [-0.2, -0.15) is 13.2 Å². The summed E-state index contributed by atoms with van der Waals surface area (Å²) >= 11 is 0. The Hall–Kier alpha value is -3.09. The summed E-state index contributed by atoms with van der Waals surface area (Å²) in [5.41, 5.74) is 1.03. The molecular formula is C23H20F3NO3. The van der Waals surface area contributed by atoms with Crippen LogP contribution in [0.5, 0.6) is 0 Å². The predicted molar refractivity (Wildman–Crippen MR) is 107 cm³/mol. The molecule has 1 aliphatic heterocycles. The van der Waals surface area contributed by atoms with Crippen molar-refractivity contribution in [1.82, 2.24) is 4.90 Å². The summed E-state index contributed by atoms with van der Waals surface area (Å²) in [6, 6.07) is 13.6. The van der Waals surface area contributed by atoms with Crippen LogP contribution in [0.3, 0.4) is 0 Å². The molecule has 1 fully saturated rings. The molecule has 4 nitrogen and oxygen atoms in total. The zero-order chi connectivity index (χ0) is 21.5. The number of piperidine rings is 1. The van der Waals surface area contributed by atoms with E-state index in [0.29, 0.717) is 16.9 Å². The Morgan fingerprint density at radius 3 is 2.53 bits per heavy atom. The number of halogens is 3. The van der Waals surface area contributed by atoms with Crippen LogP contribution >= 0.6 is 0 Å². The van der Waals surface area contributed by atoms with E-state index in [0.717, 1.165) is 0 Å². The van der Waals surface area contributed by atoms with E-state index in [1.165, 1.54) is 11.0 Å². The highest BCUT2D eigenvalue weighted by Gasteiger charge is 2.43. The number of likely N-dealkylation sites (tertiary alicyclic amines) is 1. The van der Waals surface area contributed by atoms with Crippen LogP contribution in [0.15, 0.2) is 57.7 Å². The van der Waals surface area contributed by atoms with Crippen molar-refractivity contribution in [2.24, 2.45) is 5.92 Å². The minimum Gasteiger partial charge on any atom is -0.455 e. The van der Waals surface area contributed by atoms with Crippen molar-refractivity contribution in [3.8, 4) is 11.3 Å². The van der Waals surface area contributed by atoms with Gasteiger partial charge in [0.1, 0.15) is 5.76 Å². The first-order chi connectivity index (χ1) is 14.3. The number of hydrogen-bond donors (Lipinski definition) is 0. The van der Waals surface area contributed by atoms with E-state index in [-0.39, 0.29) is 47.9 Å². The normalized spacial score (nSPS) is 17.3. The number of nitrogens with zero attached hydrogens (tertiary/aromatic N) is 1. The average Bonchev–Trinajstić information content (AvgIpc) is 2.75. The zero-order valence-electron chi connectivity index (χ0n) is 16.3. The number of fused-ring (bicyclic) bond motifs is 1. The molecule has 0 N–H and O–H groups in total. The van der Waals surface area contributed by atoms with E-state index in [9.17, 15) is 22.8 Å². The topological polar surface area (TPSA) is 50.5 Å². The minimum atomic E-state index is -4.35. The van der Waals surface area contributed by atoms with Crippen molar-refractivity contribution in [3.05, 3.63) is 69.9 Å². The molecule has 156 valence electrons. The Balaban J connectivity index is 1.81. The highest BCUT2D eigenvalue weighted by Crippen LogP contribution is 2.34. The lowest BCUT2D eigenvalue weighted by Crippen LogP contribution is -2.44. The Morgan fingerprint density at radius 1 is 1.10 bits per heavy atom. The summed E-state index contributed by atoms with van der Waals surface area (Å²) in [6.45, 7) is 1.50. The van der Waals surface area contributed by atoms with Crippen LogP contribution in [-0.2, 0) is 0 Å². The molecule has 2 aromatic carbocycles. The second-order valence-corrected chi connectivity index (χ2v) is 7.57. The minimum absolute atomic E-state index is 0.00918. The smallest absolute Gasteiger partial charge is 0.393 e. The lowest BCUT2D eigenvalue weighted by Gasteiger charge is -2.33. The van der Waals surface area contributed by atoms with Crippen molar-refractivity contribution in [2.45, 2.75) is 25.9 Å². The van der Waals surface area contributed by atoms with Gasteiger partial charge in [-0.25, -0.2) is 0 Å². The fourth-order valence-corrected chi connectivity index (χ4v) is 3.94. The van der Waals surface area contributed by atoms with E-state index < -0.39 is 18.0 Å². The third-order valence-corrected chi connectivity index (χ3v) is 5.58. The first-order valence-electron chi connectivity index (χ1n) is 9.75. The average molecular weight is 415 g/mol. The van der Waals surface area contributed by atoms with Gasteiger partial charge in [-0.3, -0.25) is 9.59 Å². The Bertz CT molecular complexity index is 1150. The molecule has 2 heterocycles.